The molecule has 1 aromatic carbocycles. The van der Waals surface area contributed by atoms with Gasteiger partial charge in [-0.2, -0.15) is 4.39 Å². The number of carbonyl (C=O) groups excluding carboxylic acids is 2. The molecule has 1 aliphatic heterocycles. The monoisotopic (exact) mass is 404 g/mol. The topological polar surface area (TPSA) is 59.0 Å². The molecule has 7 heteroatoms. The molecule has 5 nitrogen and oxygen atoms in total. The Morgan fingerprint density at radius 3 is 2.54 bits per heavy atom. The van der Waals surface area contributed by atoms with Crippen LogP contribution in [0.5, 0.6) is 0 Å². The highest BCUT2D eigenvalue weighted by atomic mass is 35.5. The summed E-state index contributed by atoms with van der Waals surface area (Å²) in [6.07, 6.45) is 5.07. The molecule has 1 aliphatic carbocycles. The second-order valence-electron chi connectivity index (χ2n) is 7.83. The molecule has 1 amide bonds. The maximum Gasteiger partial charge on any atom is 0.377 e. The molecule has 1 aromatic rings. The number of esters is 1. The summed E-state index contributed by atoms with van der Waals surface area (Å²) in [5, 5.41) is 0.453. The summed E-state index contributed by atoms with van der Waals surface area (Å²) in [7, 11) is 1.44. The number of benzene rings is 1. The minimum Gasteiger partial charge on any atom is -0.456 e. The van der Waals surface area contributed by atoms with Crippen molar-refractivity contribution in [2.45, 2.75) is 38.2 Å². The third-order valence-electron chi connectivity index (χ3n) is 4.54. The van der Waals surface area contributed by atoms with E-state index in [0.717, 1.165) is 0 Å². The molecule has 0 radical (unpaired) electrons. The number of ether oxygens (including phenoxy) is 1. The number of aliphatic imine (C=N–C) groups is 1. The Morgan fingerprint density at radius 1 is 1.29 bits per heavy atom. The van der Waals surface area contributed by atoms with E-state index in [1.54, 1.807) is 63.3 Å². The van der Waals surface area contributed by atoms with Crippen LogP contribution in [0.2, 0.25) is 0 Å². The second-order valence-corrected chi connectivity index (χ2v) is 8.27. The van der Waals surface area contributed by atoms with Crippen LogP contribution in [0.15, 0.2) is 58.6 Å². The zero-order valence-corrected chi connectivity index (χ0v) is 16.9. The van der Waals surface area contributed by atoms with Crippen LogP contribution in [-0.2, 0) is 14.3 Å². The highest BCUT2D eigenvalue weighted by molar-refractivity contribution is 6.31. The quantitative estimate of drug-likeness (QED) is 0.429. The molecule has 148 valence electrons. The van der Waals surface area contributed by atoms with Gasteiger partial charge in [-0.05, 0) is 32.4 Å². The van der Waals surface area contributed by atoms with Gasteiger partial charge in [-0.25, -0.2) is 9.79 Å². The van der Waals surface area contributed by atoms with Crippen molar-refractivity contribution in [2.75, 3.05) is 7.05 Å². The first-order chi connectivity index (χ1) is 13.0. The van der Waals surface area contributed by atoms with E-state index in [1.807, 2.05) is 6.07 Å². The molecule has 3 unspecified atom stereocenters. The molecular formula is C21H22ClFN2O3. The van der Waals surface area contributed by atoms with Gasteiger partial charge in [-0.1, -0.05) is 54.1 Å². The van der Waals surface area contributed by atoms with Crippen LogP contribution >= 0.6 is 11.6 Å². The number of allylic oxidation sites excluding steroid dienone is 2. The summed E-state index contributed by atoms with van der Waals surface area (Å²) in [4.78, 5) is 30.9. The highest BCUT2D eigenvalue weighted by Crippen LogP contribution is 2.35. The molecular weight excluding hydrogens is 383 g/mol. The van der Waals surface area contributed by atoms with Crippen molar-refractivity contribution in [3.8, 4) is 0 Å². The third-order valence-corrected chi connectivity index (χ3v) is 4.79. The predicted molar refractivity (Wildman–Crippen MR) is 106 cm³/mol. The molecule has 2 aliphatic rings. The van der Waals surface area contributed by atoms with Crippen molar-refractivity contribution in [1.29, 1.82) is 0 Å². The van der Waals surface area contributed by atoms with Gasteiger partial charge in [0.25, 0.3) is 5.91 Å². The lowest BCUT2D eigenvalue weighted by Gasteiger charge is -2.32. The molecule has 0 saturated carbocycles. The first kappa shape index (κ1) is 20.3. The summed E-state index contributed by atoms with van der Waals surface area (Å²) >= 11 is 6.18. The average molecular weight is 405 g/mol. The van der Waals surface area contributed by atoms with Crippen LogP contribution < -0.4 is 0 Å². The predicted octanol–water partition coefficient (Wildman–Crippen LogP) is 3.63. The Bertz CT molecular complexity index is 889. The van der Waals surface area contributed by atoms with Crippen LogP contribution in [0, 0.1) is 5.92 Å². The molecule has 28 heavy (non-hydrogen) atoms. The number of nitrogens with zero attached hydrogens (tertiary/aromatic N) is 2. The number of fused-ring (bicyclic) bond motifs is 1. The van der Waals surface area contributed by atoms with Gasteiger partial charge < -0.3 is 9.64 Å². The smallest absolute Gasteiger partial charge is 0.377 e. The maximum absolute atomic E-state index is 15.9. The van der Waals surface area contributed by atoms with Gasteiger partial charge >= 0.3 is 11.8 Å². The van der Waals surface area contributed by atoms with Crippen LogP contribution in [-0.4, -0.2) is 47.0 Å². The lowest BCUT2D eigenvalue weighted by molar-refractivity contribution is -0.175. The van der Waals surface area contributed by atoms with Crippen LogP contribution in [0.3, 0.4) is 0 Å². The molecule has 0 N–H and O–H groups in total. The fourth-order valence-electron chi connectivity index (χ4n) is 3.25. The van der Waals surface area contributed by atoms with E-state index in [4.69, 9.17) is 16.3 Å². The van der Waals surface area contributed by atoms with Crippen molar-refractivity contribution in [3.05, 3.63) is 59.2 Å². The Labute approximate surface area is 168 Å². The molecule has 0 bridgehead atoms. The third kappa shape index (κ3) is 3.74. The maximum atomic E-state index is 15.9. The Kier molecular flexibility index (Phi) is 5.19. The fraction of sp³-hybridized carbons (Fsp3) is 0.381. The van der Waals surface area contributed by atoms with E-state index >= 15 is 4.39 Å². The van der Waals surface area contributed by atoms with E-state index in [9.17, 15) is 9.59 Å². The zero-order valence-electron chi connectivity index (χ0n) is 16.1. The number of alkyl halides is 1. The molecule has 0 fully saturated rings. The lowest BCUT2D eigenvalue weighted by atomic mass is 9.86. The number of halogens is 2. The van der Waals surface area contributed by atoms with Gasteiger partial charge in [0, 0.05) is 18.0 Å². The summed E-state index contributed by atoms with van der Waals surface area (Å²) < 4.78 is 21.1. The average Bonchev–Trinajstić information content (AvgIpc) is 2.71. The standard InChI is InChI=1S/C21H22ClFN2O3/c1-20(2,3)28-19(27)21(23)18(26)25(4)16-11-10-14(22)12-15(16)17(24-21)13-8-6-5-7-9-13/h5-12,15-16H,1-4H3. The van der Waals surface area contributed by atoms with Crippen molar-refractivity contribution in [3.63, 3.8) is 0 Å². The van der Waals surface area contributed by atoms with E-state index in [-0.39, 0.29) is 5.71 Å². The fourth-order valence-corrected chi connectivity index (χ4v) is 3.46. The lowest BCUT2D eigenvalue weighted by Crippen LogP contribution is -2.52. The minimum absolute atomic E-state index is 0.263. The second kappa shape index (κ2) is 7.17. The van der Waals surface area contributed by atoms with Gasteiger partial charge in [-0.15, -0.1) is 0 Å². The van der Waals surface area contributed by atoms with Crippen LogP contribution in [0.1, 0.15) is 26.3 Å². The van der Waals surface area contributed by atoms with Crippen LogP contribution in [0.25, 0.3) is 0 Å². The van der Waals surface area contributed by atoms with Crippen molar-refractivity contribution in [1.82, 2.24) is 4.90 Å². The number of hydrogen-bond donors (Lipinski definition) is 0. The highest BCUT2D eigenvalue weighted by Gasteiger charge is 2.55. The Hall–Kier alpha value is -2.47. The summed E-state index contributed by atoms with van der Waals surface area (Å²) in [6.45, 7) is 4.81. The summed E-state index contributed by atoms with van der Waals surface area (Å²) in [6, 6.07) is 8.34. The van der Waals surface area contributed by atoms with Gasteiger partial charge in [0.05, 0.1) is 11.8 Å². The Morgan fingerprint density at radius 2 is 1.93 bits per heavy atom. The van der Waals surface area contributed by atoms with E-state index in [0.29, 0.717) is 10.6 Å². The normalized spacial score (nSPS) is 27.5. The van der Waals surface area contributed by atoms with Gasteiger partial charge in [0.15, 0.2) is 0 Å². The molecule has 0 spiro atoms. The van der Waals surface area contributed by atoms with Gasteiger partial charge in [-0.3, -0.25) is 4.79 Å². The number of carbonyl (C=O) groups is 2. The van der Waals surface area contributed by atoms with Crippen molar-refractivity contribution < 1.29 is 18.7 Å². The van der Waals surface area contributed by atoms with E-state index < -0.39 is 35.2 Å². The number of hydrogen-bond acceptors (Lipinski definition) is 4. The SMILES string of the molecule is CN1C(=O)C(F)(C(=O)OC(C)(C)C)N=C(c2ccccc2)C2C=C(Cl)C=CC21. The zero-order chi connectivity index (χ0) is 20.7. The molecule has 3 atom stereocenters. The van der Waals surface area contributed by atoms with Crippen molar-refractivity contribution in [2.24, 2.45) is 10.9 Å². The first-order valence-corrected chi connectivity index (χ1v) is 9.31. The molecule has 0 saturated heterocycles. The summed E-state index contributed by atoms with van der Waals surface area (Å²) in [5.74, 6) is -6.09. The minimum atomic E-state index is -3.18. The molecule has 3 rings (SSSR count). The first-order valence-electron chi connectivity index (χ1n) is 8.93. The van der Waals surface area contributed by atoms with E-state index in [2.05, 4.69) is 4.99 Å². The Balaban J connectivity index is 2.20. The number of rotatable bonds is 2. The van der Waals surface area contributed by atoms with Crippen LogP contribution in [0.4, 0.5) is 4.39 Å². The molecule has 0 aromatic heterocycles. The number of likely N-dealkylation sites (N-methyl/N-ethyl adjacent to an activating group) is 1. The largest absolute Gasteiger partial charge is 0.456 e. The summed E-state index contributed by atoms with van der Waals surface area (Å²) in [5.41, 5.74) is -0.110. The van der Waals surface area contributed by atoms with Gasteiger partial charge in [0.2, 0.25) is 0 Å². The van der Waals surface area contributed by atoms with Gasteiger partial charge in [0.1, 0.15) is 5.60 Å². The van der Waals surface area contributed by atoms with Crippen molar-refractivity contribution >= 4 is 29.2 Å². The number of amides is 1. The molecule has 1 heterocycles. The van der Waals surface area contributed by atoms with E-state index in [1.165, 1.54) is 11.9 Å².